The molecule has 0 aliphatic carbocycles. The molecule has 0 rings (SSSR count). The van der Waals surface area contributed by atoms with E-state index in [4.69, 9.17) is 0 Å². The molecule has 0 bridgehead atoms. The van der Waals surface area contributed by atoms with Crippen LogP contribution in [0.25, 0.3) is 0 Å². The van der Waals surface area contributed by atoms with Crippen LogP contribution in [0.4, 0.5) is 0 Å². The van der Waals surface area contributed by atoms with Crippen molar-refractivity contribution in [3.63, 3.8) is 0 Å². The van der Waals surface area contributed by atoms with Gasteiger partial charge in [-0.3, -0.25) is 19.9 Å². The highest BCUT2D eigenvalue weighted by atomic mass is 16.7. The first kappa shape index (κ1) is 10.9. The van der Waals surface area contributed by atoms with Crippen LogP contribution in [-0.2, 0) is 14.4 Å². The first-order valence-electron chi connectivity index (χ1n) is 1.84. The van der Waals surface area contributed by atoms with Crippen molar-refractivity contribution in [3.8, 4) is 0 Å². The molecule has 0 unspecified atom stereocenters. The van der Waals surface area contributed by atoms with Gasteiger partial charge in [0, 0.05) is 0 Å². The molecule has 9 heavy (non-hydrogen) atoms. The van der Waals surface area contributed by atoms with E-state index < -0.39 is 5.91 Å². The summed E-state index contributed by atoms with van der Waals surface area (Å²) in [6.45, 7) is 0. The van der Waals surface area contributed by atoms with Crippen LogP contribution in [0.2, 0.25) is 0 Å². The summed E-state index contributed by atoms with van der Waals surface area (Å²) in [6.07, 6.45) is 0.131. The number of aldehydes is 1. The van der Waals surface area contributed by atoms with Gasteiger partial charge in [-0.25, -0.2) is 0 Å². The number of nitrogens with one attached hydrogen (secondary N) is 2. The third-order valence-electron chi connectivity index (χ3n) is 0.383. The van der Waals surface area contributed by atoms with Crippen LogP contribution >= 0.6 is 0 Å². The Kier molecular flexibility index (Phi) is 8.51. The van der Waals surface area contributed by atoms with Crippen LogP contribution in [-0.4, -0.2) is 19.3 Å². The Morgan fingerprint density at radius 2 is 2.22 bits per heavy atom. The van der Waals surface area contributed by atoms with Gasteiger partial charge in [0.15, 0.2) is 0 Å². The summed E-state index contributed by atoms with van der Waals surface area (Å²) in [5, 5.41) is 0. The quantitative estimate of drug-likeness (QED) is 0.249. The van der Waals surface area contributed by atoms with Crippen LogP contribution in [0.1, 0.15) is 0 Å². The molecule has 54 valence electrons. The van der Waals surface area contributed by atoms with E-state index in [0.29, 0.717) is 0 Å². The Bertz CT molecular complexity index is 94.3. The molecule has 0 aliphatic rings. The summed E-state index contributed by atoms with van der Waals surface area (Å²) in [5.74, 6) is -0.771. The van der Waals surface area contributed by atoms with Crippen molar-refractivity contribution in [2.24, 2.45) is 0 Å². The molecule has 5 N–H and O–H groups in total. The molecule has 0 fully saturated rings. The summed E-state index contributed by atoms with van der Waals surface area (Å²) < 4.78 is 0. The van der Waals surface area contributed by atoms with E-state index in [9.17, 15) is 9.59 Å². The molecule has 6 heteroatoms. The van der Waals surface area contributed by atoms with Crippen LogP contribution in [0.3, 0.4) is 0 Å². The van der Waals surface area contributed by atoms with Crippen molar-refractivity contribution < 1.29 is 14.4 Å². The third-order valence-corrected chi connectivity index (χ3v) is 0.383. The molecule has 0 atom stereocenters. The lowest BCUT2D eigenvalue weighted by Crippen LogP contribution is -2.36. The van der Waals surface area contributed by atoms with Crippen LogP contribution in [0.15, 0.2) is 0 Å². The molecule has 0 aromatic heterocycles. The van der Waals surface area contributed by atoms with Gasteiger partial charge in [-0.2, -0.15) is 0 Å². The summed E-state index contributed by atoms with van der Waals surface area (Å²) in [5.41, 5.74) is 3.87. The van der Waals surface area contributed by atoms with Gasteiger partial charge in [0.2, 0.25) is 6.29 Å². The maximum Gasteiger partial charge on any atom is 0.299 e. The Labute approximate surface area is 52.1 Å². The molecule has 0 aliphatic heterocycles. The lowest BCUT2D eigenvalue weighted by molar-refractivity contribution is -0.134. The van der Waals surface area contributed by atoms with Crippen molar-refractivity contribution in [3.05, 3.63) is 0 Å². The van der Waals surface area contributed by atoms with Gasteiger partial charge in [-0.1, -0.05) is 0 Å². The lowest BCUT2D eigenvalue weighted by Gasteiger charge is -1.96. The zero-order valence-electron chi connectivity index (χ0n) is 5.01. The highest BCUT2D eigenvalue weighted by Gasteiger charge is 1.90. The second kappa shape index (κ2) is 7.02. The molecule has 0 heterocycles. The molecule has 0 saturated carbocycles. The van der Waals surface area contributed by atoms with Crippen molar-refractivity contribution >= 4 is 12.2 Å². The SMILES string of the molecule is CONNC(=O)C=O.N. The molecule has 0 radical (unpaired) electrons. The monoisotopic (exact) mass is 135 g/mol. The molecular weight excluding hydrogens is 126 g/mol. The summed E-state index contributed by atoms with van der Waals surface area (Å²) in [7, 11) is 1.31. The van der Waals surface area contributed by atoms with Crippen molar-refractivity contribution in [1.82, 2.24) is 17.2 Å². The minimum Gasteiger partial charge on any atom is -0.344 e. The second-order valence-electron chi connectivity index (χ2n) is 0.913. The fourth-order valence-corrected chi connectivity index (χ4v) is 0.131. The predicted octanol–water partition coefficient (Wildman–Crippen LogP) is -1.47. The molecule has 0 aromatic rings. The Balaban J connectivity index is 0. The number of carbonyl (C=O) groups excluding carboxylic acids is 2. The summed E-state index contributed by atoms with van der Waals surface area (Å²) in [4.78, 5) is 23.6. The largest absolute Gasteiger partial charge is 0.344 e. The molecule has 0 aromatic carbocycles. The number of hydrogen-bond acceptors (Lipinski definition) is 5. The summed E-state index contributed by atoms with van der Waals surface area (Å²) >= 11 is 0. The highest BCUT2D eigenvalue weighted by molar-refractivity contribution is 6.23. The first-order valence-corrected chi connectivity index (χ1v) is 1.84. The lowest BCUT2D eigenvalue weighted by atomic mass is 10.7. The van der Waals surface area contributed by atoms with Gasteiger partial charge >= 0.3 is 0 Å². The predicted molar refractivity (Wildman–Crippen MR) is 29.4 cm³/mol. The van der Waals surface area contributed by atoms with E-state index in [1.165, 1.54) is 7.11 Å². The van der Waals surface area contributed by atoms with Gasteiger partial charge in [-0.15, -0.1) is 5.59 Å². The van der Waals surface area contributed by atoms with Crippen LogP contribution in [0.5, 0.6) is 0 Å². The topological polar surface area (TPSA) is 102 Å². The van der Waals surface area contributed by atoms with E-state index in [1.54, 1.807) is 0 Å². The molecule has 1 amide bonds. The van der Waals surface area contributed by atoms with Gasteiger partial charge in [-0.05, 0) is 0 Å². The van der Waals surface area contributed by atoms with E-state index in [0.717, 1.165) is 0 Å². The van der Waals surface area contributed by atoms with E-state index in [-0.39, 0.29) is 12.4 Å². The van der Waals surface area contributed by atoms with E-state index >= 15 is 0 Å². The third kappa shape index (κ3) is 7.02. The van der Waals surface area contributed by atoms with Crippen molar-refractivity contribution in [2.75, 3.05) is 7.11 Å². The second-order valence-corrected chi connectivity index (χ2v) is 0.913. The Morgan fingerprint density at radius 1 is 1.67 bits per heavy atom. The number of hydrogen-bond donors (Lipinski definition) is 3. The van der Waals surface area contributed by atoms with Gasteiger partial charge in [0.1, 0.15) is 0 Å². The minimum atomic E-state index is -0.771. The minimum absolute atomic E-state index is 0. The highest BCUT2D eigenvalue weighted by Crippen LogP contribution is 1.48. The Morgan fingerprint density at radius 3 is 2.56 bits per heavy atom. The smallest absolute Gasteiger partial charge is 0.299 e. The van der Waals surface area contributed by atoms with E-state index in [2.05, 4.69) is 4.84 Å². The van der Waals surface area contributed by atoms with E-state index in [1.807, 2.05) is 11.0 Å². The zero-order chi connectivity index (χ0) is 6.41. The average Bonchev–Trinajstić information content (AvgIpc) is 1.83. The van der Waals surface area contributed by atoms with Crippen LogP contribution in [0, 0.1) is 0 Å². The first-order chi connectivity index (χ1) is 3.81. The van der Waals surface area contributed by atoms with Gasteiger partial charge in [0.25, 0.3) is 5.91 Å². The fourth-order valence-electron chi connectivity index (χ4n) is 0.131. The molecular formula is C3H9N3O3. The molecule has 0 spiro atoms. The standard InChI is InChI=1S/C3H6N2O3.H3N/c1-8-5-4-3(7)2-6;/h2,5H,1H3,(H,4,7);1H3. The van der Waals surface area contributed by atoms with Gasteiger partial charge in [0.05, 0.1) is 7.11 Å². The van der Waals surface area contributed by atoms with Crippen molar-refractivity contribution in [1.29, 1.82) is 0 Å². The molecule has 6 nitrogen and oxygen atoms in total. The average molecular weight is 135 g/mol. The maximum atomic E-state index is 9.95. The normalized spacial score (nSPS) is 7.22. The zero-order valence-corrected chi connectivity index (χ0v) is 5.01. The number of hydrazine groups is 1. The number of carbonyl (C=O) groups is 2. The van der Waals surface area contributed by atoms with Crippen LogP contribution < -0.4 is 17.2 Å². The summed E-state index contributed by atoms with van der Waals surface area (Å²) in [6, 6.07) is 0. The number of amides is 1. The molecule has 0 saturated heterocycles. The Hall–Kier alpha value is -0.980. The van der Waals surface area contributed by atoms with Gasteiger partial charge < -0.3 is 6.15 Å². The fraction of sp³-hybridized carbons (Fsp3) is 0.333. The number of rotatable bonds is 3. The maximum absolute atomic E-state index is 9.95. The van der Waals surface area contributed by atoms with Crippen molar-refractivity contribution in [2.45, 2.75) is 0 Å².